The zero-order chi connectivity index (χ0) is 14.0. The van der Waals surface area contributed by atoms with Crippen molar-refractivity contribution in [2.24, 2.45) is 5.73 Å². The van der Waals surface area contributed by atoms with Gasteiger partial charge in [0.2, 0.25) is 0 Å². The summed E-state index contributed by atoms with van der Waals surface area (Å²) in [6.45, 7) is 0.942. The molecule has 2 N–H and O–H groups in total. The second-order valence-corrected chi connectivity index (χ2v) is 4.73. The Bertz CT molecular complexity index is 473. The van der Waals surface area contributed by atoms with Gasteiger partial charge in [0, 0.05) is 24.7 Å². The third kappa shape index (κ3) is 3.26. The van der Waals surface area contributed by atoms with Crippen molar-refractivity contribution in [2.45, 2.75) is 25.1 Å². The first-order valence-corrected chi connectivity index (χ1v) is 6.10. The Balaban J connectivity index is 2.19. The van der Waals surface area contributed by atoms with Gasteiger partial charge >= 0.3 is 6.18 Å². The van der Waals surface area contributed by atoms with Gasteiger partial charge in [-0.25, -0.2) is 0 Å². The van der Waals surface area contributed by atoms with Crippen LogP contribution in [0.15, 0.2) is 24.3 Å². The van der Waals surface area contributed by atoms with Crippen LogP contribution in [0.3, 0.4) is 0 Å². The summed E-state index contributed by atoms with van der Waals surface area (Å²) >= 11 is 0. The summed E-state index contributed by atoms with van der Waals surface area (Å²) in [5, 5.41) is 0. The fourth-order valence-corrected chi connectivity index (χ4v) is 2.21. The quantitative estimate of drug-likeness (QED) is 0.852. The molecule has 0 radical (unpaired) electrons. The van der Waals surface area contributed by atoms with Gasteiger partial charge < -0.3 is 10.6 Å². The minimum Gasteiger partial charge on any atom is -0.337 e. The van der Waals surface area contributed by atoms with Crippen molar-refractivity contribution in [1.29, 1.82) is 0 Å². The number of likely N-dealkylation sites (tertiary alicyclic amines) is 1. The summed E-state index contributed by atoms with van der Waals surface area (Å²) in [4.78, 5) is 13.6. The molecule has 1 aromatic carbocycles. The minimum atomic E-state index is -4.44. The summed E-state index contributed by atoms with van der Waals surface area (Å²) in [6, 6.07) is 4.40. The summed E-state index contributed by atoms with van der Waals surface area (Å²) in [5.74, 6) is -0.388. The zero-order valence-electron chi connectivity index (χ0n) is 10.3. The number of benzene rings is 1. The highest BCUT2D eigenvalue weighted by Gasteiger charge is 2.31. The van der Waals surface area contributed by atoms with Crippen LogP contribution in [0.1, 0.15) is 28.8 Å². The fourth-order valence-electron chi connectivity index (χ4n) is 2.21. The molecule has 1 aliphatic heterocycles. The Morgan fingerprint density at radius 3 is 2.74 bits per heavy atom. The molecule has 19 heavy (non-hydrogen) atoms. The Morgan fingerprint density at radius 2 is 2.11 bits per heavy atom. The number of carbonyl (C=O) groups is 1. The molecule has 6 heteroatoms. The Kier molecular flexibility index (Phi) is 3.80. The minimum absolute atomic E-state index is 0.0592. The molecule has 0 spiro atoms. The van der Waals surface area contributed by atoms with E-state index in [-0.39, 0.29) is 17.5 Å². The molecule has 1 heterocycles. The summed E-state index contributed by atoms with van der Waals surface area (Å²) < 4.78 is 37.8. The van der Waals surface area contributed by atoms with Crippen LogP contribution >= 0.6 is 0 Å². The first-order chi connectivity index (χ1) is 8.88. The van der Waals surface area contributed by atoms with Crippen LogP contribution in [-0.4, -0.2) is 29.9 Å². The van der Waals surface area contributed by atoms with E-state index in [0.29, 0.717) is 13.1 Å². The molecule has 0 aliphatic carbocycles. The monoisotopic (exact) mass is 272 g/mol. The topological polar surface area (TPSA) is 46.3 Å². The number of amides is 1. The van der Waals surface area contributed by atoms with E-state index in [1.807, 2.05) is 0 Å². The molecule has 1 aliphatic rings. The Morgan fingerprint density at radius 1 is 1.37 bits per heavy atom. The third-order valence-electron chi connectivity index (χ3n) is 3.18. The molecule has 1 fully saturated rings. The molecule has 1 unspecified atom stereocenters. The number of rotatable bonds is 1. The lowest BCUT2D eigenvalue weighted by Crippen LogP contribution is -2.45. The van der Waals surface area contributed by atoms with Gasteiger partial charge in [-0.1, -0.05) is 6.07 Å². The van der Waals surface area contributed by atoms with Crippen molar-refractivity contribution < 1.29 is 18.0 Å². The maximum atomic E-state index is 12.6. The van der Waals surface area contributed by atoms with Crippen molar-refractivity contribution in [2.75, 3.05) is 13.1 Å². The number of halogens is 3. The van der Waals surface area contributed by atoms with E-state index < -0.39 is 11.7 Å². The van der Waals surface area contributed by atoms with Crippen LogP contribution in [0.25, 0.3) is 0 Å². The van der Waals surface area contributed by atoms with Crippen LogP contribution in [0, 0.1) is 0 Å². The first-order valence-electron chi connectivity index (χ1n) is 6.10. The van der Waals surface area contributed by atoms with Gasteiger partial charge in [0.05, 0.1) is 5.56 Å². The van der Waals surface area contributed by atoms with Crippen LogP contribution in [0.2, 0.25) is 0 Å². The summed E-state index contributed by atoms with van der Waals surface area (Å²) in [5.41, 5.74) is 5.02. The molecule has 3 nitrogen and oxygen atoms in total. The Hall–Kier alpha value is -1.56. The van der Waals surface area contributed by atoms with Crippen molar-refractivity contribution in [1.82, 2.24) is 4.90 Å². The van der Waals surface area contributed by atoms with E-state index in [4.69, 9.17) is 5.73 Å². The number of alkyl halides is 3. The second kappa shape index (κ2) is 5.21. The first kappa shape index (κ1) is 13.9. The number of piperidine rings is 1. The van der Waals surface area contributed by atoms with Crippen molar-refractivity contribution in [3.63, 3.8) is 0 Å². The highest BCUT2D eigenvalue weighted by Crippen LogP contribution is 2.29. The average Bonchev–Trinajstić information content (AvgIpc) is 2.37. The molecule has 0 aromatic heterocycles. The van der Waals surface area contributed by atoms with Crippen LogP contribution in [0.5, 0.6) is 0 Å². The molecule has 0 saturated carbocycles. The van der Waals surface area contributed by atoms with E-state index in [1.54, 1.807) is 0 Å². The van der Waals surface area contributed by atoms with Gasteiger partial charge in [-0.3, -0.25) is 4.79 Å². The lowest BCUT2D eigenvalue weighted by Gasteiger charge is -2.30. The number of nitrogens with two attached hydrogens (primary N) is 1. The second-order valence-electron chi connectivity index (χ2n) is 4.73. The van der Waals surface area contributed by atoms with E-state index >= 15 is 0 Å². The number of carbonyl (C=O) groups excluding carboxylic acids is 1. The van der Waals surface area contributed by atoms with Gasteiger partial charge in [-0.15, -0.1) is 0 Å². The molecule has 1 aromatic rings. The van der Waals surface area contributed by atoms with Gasteiger partial charge in [-0.2, -0.15) is 13.2 Å². The predicted octanol–water partition coefficient (Wildman–Crippen LogP) is 2.27. The van der Waals surface area contributed by atoms with Crippen molar-refractivity contribution in [3.05, 3.63) is 35.4 Å². The van der Waals surface area contributed by atoms with Gasteiger partial charge in [0.25, 0.3) is 5.91 Å². The van der Waals surface area contributed by atoms with Crippen LogP contribution < -0.4 is 5.73 Å². The summed E-state index contributed by atoms with van der Waals surface area (Å²) in [6.07, 6.45) is -2.81. The van der Waals surface area contributed by atoms with Gasteiger partial charge in [-0.05, 0) is 31.0 Å². The summed E-state index contributed by atoms with van der Waals surface area (Å²) in [7, 11) is 0. The van der Waals surface area contributed by atoms with Gasteiger partial charge in [0.15, 0.2) is 0 Å². The number of hydrogen-bond acceptors (Lipinski definition) is 2. The SMILES string of the molecule is NC1CCCN(C(=O)c2cccc(C(F)(F)F)c2)C1. The molecule has 104 valence electrons. The van der Waals surface area contributed by atoms with Crippen LogP contribution in [0.4, 0.5) is 13.2 Å². The number of nitrogens with zero attached hydrogens (tertiary/aromatic N) is 1. The molecule has 1 amide bonds. The van der Waals surface area contributed by atoms with E-state index in [2.05, 4.69) is 0 Å². The predicted molar refractivity (Wildman–Crippen MR) is 64.6 cm³/mol. The smallest absolute Gasteiger partial charge is 0.337 e. The van der Waals surface area contributed by atoms with E-state index in [1.165, 1.54) is 17.0 Å². The molecular formula is C13H15F3N2O. The lowest BCUT2D eigenvalue weighted by molar-refractivity contribution is -0.137. The van der Waals surface area contributed by atoms with E-state index in [0.717, 1.165) is 25.0 Å². The third-order valence-corrected chi connectivity index (χ3v) is 3.18. The molecule has 0 bridgehead atoms. The normalized spacial score (nSPS) is 20.4. The molecule has 1 atom stereocenters. The van der Waals surface area contributed by atoms with E-state index in [9.17, 15) is 18.0 Å². The van der Waals surface area contributed by atoms with Crippen molar-refractivity contribution >= 4 is 5.91 Å². The standard InChI is InChI=1S/C13H15F3N2O/c14-13(15,16)10-4-1-3-9(7-10)12(19)18-6-2-5-11(17)8-18/h1,3-4,7,11H,2,5-6,8,17H2. The lowest BCUT2D eigenvalue weighted by atomic mass is 10.0. The number of hydrogen-bond donors (Lipinski definition) is 1. The fraction of sp³-hybridized carbons (Fsp3) is 0.462. The highest BCUT2D eigenvalue weighted by molar-refractivity contribution is 5.94. The molecule has 2 rings (SSSR count). The molecule has 1 saturated heterocycles. The van der Waals surface area contributed by atoms with Crippen LogP contribution in [-0.2, 0) is 6.18 Å². The molecular weight excluding hydrogens is 257 g/mol. The average molecular weight is 272 g/mol. The highest BCUT2D eigenvalue weighted by atomic mass is 19.4. The largest absolute Gasteiger partial charge is 0.416 e. The maximum Gasteiger partial charge on any atom is 0.416 e. The zero-order valence-corrected chi connectivity index (χ0v) is 10.3. The maximum absolute atomic E-state index is 12.6. The van der Waals surface area contributed by atoms with Crippen molar-refractivity contribution in [3.8, 4) is 0 Å². The Labute approximate surface area is 109 Å². The van der Waals surface area contributed by atoms with Gasteiger partial charge in [0.1, 0.15) is 0 Å².